The molecule has 0 bridgehead atoms. The molecule has 1 heterocycles. The van der Waals surface area contributed by atoms with Crippen LogP contribution in [-0.2, 0) is 22.7 Å². The fraction of sp³-hybridized carbons (Fsp3) is 0.478. The van der Waals surface area contributed by atoms with E-state index in [0.717, 1.165) is 10.4 Å². The number of carbonyl (C=O) groups is 2. The quantitative estimate of drug-likeness (QED) is 0.467. The molecule has 0 saturated heterocycles. The van der Waals surface area contributed by atoms with Crippen LogP contribution in [0.15, 0.2) is 41.8 Å². The van der Waals surface area contributed by atoms with Gasteiger partial charge in [-0.05, 0) is 48.9 Å². The Kier molecular flexibility index (Phi) is 8.86. The second-order valence-electron chi connectivity index (χ2n) is 8.55. The van der Waals surface area contributed by atoms with Crippen LogP contribution in [0.4, 0.5) is 4.39 Å². The molecule has 0 aliphatic carbocycles. The molecule has 0 fully saturated rings. The van der Waals surface area contributed by atoms with Crippen LogP contribution in [0.1, 0.15) is 38.1 Å². The summed E-state index contributed by atoms with van der Waals surface area (Å²) in [6.07, 6.45) is 0. The Morgan fingerprint density at radius 2 is 1.77 bits per heavy atom. The minimum atomic E-state index is -0.744. The number of rotatable bonds is 10. The highest BCUT2D eigenvalue weighted by molar-refractivity contribution is 7.09. The molecule has 0 spiro atoms. The highest BCUT2D eigenvalue weighted by Crippen LogP contribution is 2.22. The van der Waals surface area contributed by atoms with E-state index in [9.17, 15) is 14.0 Å². The van der Waals surface area contributed by atoms with Crippen LogP contribution in [-0.4, -0.2) is 40.6 Å². The van der Waals surface area contributed by atoms with Crippen molar-refractivity contribution < 1.29 is 14.0 Å². The number of nitrogens with zero attached hydrogens (tertiary/aromatic N) is 2. The molecule has 0 unspecified atom stereocenters. The molecule has 30 heavy (non-hydrogen) atoms. The Balaban J connectivity index is 2.22. The zero-order valence-corrected chi connectivity index (χ0v) is 19.6. The van der Waals surface area contributed by atoms with E-state index in [1.165, 1.54) is 12.1 Å². The van der Waals surface area contributed by atoms with Gasteiger partial charge in [0.05, 0.1) is 18.5 Å². The first-order chi connectivity index (χ1) is 14.1. The minimum absolute atomic E-state index is 0.0100. The number of halogens is 2. The second kappa shape index (κ2) is 10.9. The molecule has 0 aliphatic heterocycles. The van der Waals surface area contributed by atoms with E-state index in [1.54, 1.807) is 47.1 Å². The standard InChI is InChI=1S/C23H30ClFN2O2S/c1-17(2)12-27(22(29)23(3,4)16-24)15-21(28)26(14-20-6-5-11-30-20)13-18-7-9-19(25)10-8-18/h5-11,17H,12-16H2,1-4H3. The summed E-state index contributed by atoms with van der Waals surface area (Å²) in [5, 5.41) is 1.97. The molecule has 2 rings (SSSR count). The van der Waals surface area contributed by atoms with Gasteiger partial charge in [0.15, 0.2) is 0 Å². The van der Waals surface area contributed by atoms with Crippen molar-refractivity contribution in [3.8, 4) is 0 Å². The van der Waals surface area contributed by atoms with Crippen LogP contribution in [0.5, 0.6) is 0 Å². The van der Waals surface area contributed by atoms with Gasteiger partial charge in [-0.25, -0.2) is 4.39 Å². The average Bonchev–Trinajstić information content (AvgIpc) is 3.20. The first-order valence-corrected chi connectivity index (χ1v) is 11.4. The van der Waals surface area contributed by atoms with Gasteiger partial charge in [0.25, 0.3) is 0 Å². The number of alkyl halides is 1. The molecule has 1 aromatic heterocycles. The molecular weight excluding hydrogens is 423 g/mol. The molecule has 2 aromatic rings. The van der Waals surface area contributed by atoms with Crippen LogP contribution in [0.25, 0.3) is 0 Å². The number of hydrogen-bond acceptors (Lipinski definition) is 3. The summed E-state index contributed by atoms with van der Waals surface area (Å²) in [7, 11) is 0. The summed E-state index contributed by atoms with van der Waals surface area (Å²) in [5.41, 5.74) is 0.0934. The fourth-order valence-corrected chi connectivity index (χ4v) is 3.88. The van der Waals surface area contributed by atoms with Crippen LogP contribution in [0.3, 0.4) is 0 Å². The van der Waals surface area contributed by atoms with Crippen LogP contribution in [0.2, 0.25) is 0 Å². The topological polar surface area (TPSA) is 40.6 Å². The third kappa shape index (κ3) is 7.10. The Bertz CT molecular complexity index is 822. The van der Waals surface area contributed by atoms with E-state index in [1.807, 2.05) is 31.4 Å². The van der Waals surface area contributed by atoms with Crippen LogP contribution < -0.4 is 0 Å². The molecule has 164 valence electrons. The Labute approximate surface area is 187 Å². The zero-order valence-electron chi connectivity index (χ0n) is 18.0. The van der Waals surface area contributed by atoms with Crippen molar-refractivity contribution in [2.45, 2.75) is 40.8 Å². The van der Waals surface area contributed by atoms with E-state index in [4.69, 9.17) is 11.6 Å². The summed E-state index contributed by atoms with van der Waals surface area (Å²) >= 11 is 7.58. The summed E-state index contributed by atoms with van der Waals surface area (Å²) in [6, 6.07) is 10.1. The molecule has 0 radical (unpaired) electrons. The summed E-state index contributed by atoms with van der Waals surface area (Å²) in [6.45, 7) is 8.87. The maximum Gasteiger partial charge on any atom is 0.242 e. The van der Waals surface area contributed by atoms with Gasteiger partial charge < -0.3 is 9.80 Å². The summed E-state index contributed by atoms with van der Waals surface area (Å²) in [4.78, 5) is 30.7. The maximum absolute atomic E-state index is 13.3. The fourth-order valence-electron chi connectivity index (χ4n) is 3.04. The molecule has 0 saturated carbocycles. The van der Waals surface area contributed by atoms with Crippen molar-refractivity contribution in [1.29, 1.82) is 0 Å². The SMILES string of the molecule is CC(C)CN(CC(=O)N(Cc1ccc(F)cc1)Cc1cccs1)C(=O)C(C)(C)CCl. The lowest BCUT2D eigenvalue weighted by atomic mass is 9.93. The van der Waals surface area contributed by atoms with Crippen molar-refractivity contribution in [2.24, 2.45) is 11.3 Å². The predicted octanol–water partition coefficient (Wildman–Crippen LogP) is 5.17. The summed E-state index contributed by atoms with van der Waals surface area (Å²) < 4.78 is 13.3. The van der Waals surface area contributed by atoms with E-state index < -0.39 is 5.41 Å². The van der Waals surface area contributed by atoms with Gasteiger partial charge in [0.2, 0.25) is 11.8 Å². The average molecular weight is 453 g/mol. The lowest BCUT2D eigenvalue weighted by molar-refractivity contribution is -0.146. The van der Waals surface area contributed by atoms with Gasteiger partial charge in [-0.3, -0.25) is 9.59 Å². The van der Waals surface area contributed by atoms with Gasteiger partial charge in [-0.2, -0.15) is 0 Å². The van der Waals surface area contributed by atoms with Gasteiger partial charge in [0, 0.05) is 23.8 Å². The molecular formula is C23H30ClFN2O2S. The Morgan fingerprint density at radius 1 is 1.10 bits per heavy atom. The molecule has 0 aliphatic rings. The largest absolute Gasteiger partial charge is 0.333 e. The Morgan fingerprint density at radius 3 is 2.30 bits per heavy atom. The van der Waals surface area contributed by atoms with Crippen molar-refractivity contribution in [3.05, 3.63) is 58.0 Å². The first-order valence-electron chi connectivity index (χ1n) is 10.0. The highest BCUT2D eigenvalue weighted by atomic mass is 35.5. The van der Waals surface area contributed by atoms with Crippen LogP contribution >= 0.6 is 22.9 Å². The normalized spacial score (nSPS) is 11.6. The first kappa shape index (κ1) is 24.4. The lowest BCUT2D eigenvalue weighted by Crippen LogP contribution is -2.48. The zero-order chi connectivity index (χ0) is 22.3. The Hall–Kier alpha value is -1.92. The third-order valence-electron chi connectivity index (χ3n) is 4.68. The maximum atomic E-state index is 13.3. The third-order valence-corrected chi connectivity index (χ3v) is 6.21. The van der Waals surface area contributed by atoms with Crippen LogP contribution in [0, 0.1) is 17.2 Å². The lowest BCUT2D eigenvalue weighted by Gasteiger charge is -2.33. The summed E-state index contributed by atoms with van der Waals surface area (Å²) in [5.74, 6) is -0.185. The van der Waals surface area contributed by atoms with Gasteiger partial charge >= 0.3 is 0 Å². The molecule has 0 atom stereocenters. The smallest absolute Gasteiger partial charge is 0.242 e. The minimum Gasteiger partial charge on any atom is -0.333 e. The highest BCUT2D eigenvalue weighted by Gasteiger charge is 2.33. The van der Waals surface area contributed by atoms with E-state index in [-0.39, 0.29) is 36.0 Å². The molecule has 0 N–H and O–H groups in total. The van der Waals surface area contributed by atoms with Crippen molar-refractivity contribution in [3.63, 3.8) is 0 Å². The number of hydrogen-bond donors (Lipinski definition) is 0. The molecule has 1 aromatic carbocycles. The van der Waals surface area contributed by atoms with Crippen molar-refractivity contribution in [1.82, 2.24) is 9.80 Å². The number of carbonyl (C=O) groups excluding carboxylic acids is 2. The van der Waals surface area contributed by atoms with Crippen molar-refractivity contribution in [2.75, 3.05) is 19.0 Å². The number of thiophene rings is 1. The molecule has 7 heteroatoms. The van der Waals surface area contributed by atoms with Gasteiger partial charge in [-0.1, -0.05) is 32.0 Å². The van der Waals surface area contributed by atoms with E-state index in [0.29, 0.717) is 19.6 Å². The number of amides is 2. The number of benzene rings is 1. The van der Waals surface area contributed by atoms with E-state index >= 15 is 0 Å². The van der Waals surface area contributed by atoms with Crippen molar-refractivity contribution >= 4 is 34.8 Å². The van der Waals surface area contributed by atoms with E-state index in [2.05, 4.69) is 0 Å². The molecule has 4 nitrogen and oxygen atoms in total. The monoisotopic (exact) mass is 452 g/mol. The molecule has 2 amide bonds. The van der Waals surface area contributed by atoms with Gasteiger partial charge in [0.1, 0.15) is 5.82 Å². The van der Waals surface area contributed by atoms with Gasteiger partial charge in [-0.15, -0.1) is 22.9 Å². The second-order valence-corrected chi connectivity index (χ2v) is 9.85. The predicted molar refractivity (Wildman–Crippen MR) is 121 cm³/mol.